The summed E-state index contributed by atoms with van der Waals surface area (Å²) in [4.78, 5) is 0. The van der Waals surface area contributed by atoms with Gasteiger partial charge in [0.1, 0.15) is 12.4 Å². The van der Waals surface area contributed by atoms with Gasteiger partial charge in [0, 0.05) is 25.4 Å². The first-order valence-corrected chi connectivity index (χ1v) is 6.80. The van der Waals surface area contributed by atoms with E-state index in [1.807, 2.05) is 11.5 Å². The second kappa shape index (κ2) is 7.71. The maximum atomic E-state index is 11.8. The fourth-order valence-electron chi connectivity index (χ4n) is 1.37. The Morgan fingerprint density at radius 2 is 2.11 bits per heavy atom. The number of rotatable bonds is 8. The Morgan fingerprint density at radius 3 is 2.74 bits per heavy atom. The van der Waals surface area contributed by atoms with Crippen molar-refractivity contribution in [2.75, 3.05) is 25.5 Å². The summed E-state index contributed by atoms with van der Waals surface area (Å²) in [6.07, 6.45) is -3.74. The summed E-state index contributed by atoms with van der Waals surface area (Å²) in [5, 5.41) is 8.67. The van der Waals surface area contributed by atoms with E-state index in [2.05, 4.69) is 14.9 Å². The zero-order valence-corrected chi connectivity index (χ0v) is 11.4. The van der Waals surface area contributed by atoms with Gasteiger partial charge in [-0.3, -0.25) is 0 Å². The van der Waals surface area contributed by atoms with E-state index >= 15 is 0 Å². The number of ether oxygens (including phenoxy) is 1. The minimum atomic E-state index is -4.26. The molecule has 2 N–H and O–H groups in total. The zero-order valence-electron chi connectivity index (χ0n) is 10.6. The molecule has 0 aliphatic heterocycles. The van der Waals surface area contributed by atoms with Crippen molar-refractivity contribution in [3.8, 4) is 0 Å². The van der Waals surface area contributed by atoms with Crippen molar-refractivity contribution >= 4 is 11.8 Å². The van der Waals surface area contributed by atoms with Crippen LogP contribution in [0.15, 0.2) is 5.16 Å². The van der Waals surface area contributed by atoms with Gasteiger partial charge in [-0.2, -0.15) is 13.2 Å². The van der Waals surface area contributed by atoms with E-state index in [1.165, 1.54) is 11.8 Å². The third-order valence-electron chi connectivity index (χ3n) is 2.18. The number of nitrogens with two attached hydrogens (primary N) is 1. The molecule has 1 aromatic heterocycles. The van der Waals surface area contributed by atoms with Crippen LogP contribution in [0.5, 0.6) is 0 Å². The Morgan fingerprint density at radius 1 is 1.37 bits per heavy atom. The lowest BCUT2D eigenvalue weighted by Crippen LogP contribution is -2.17. The highest BCUT2D eigenvalue weighted by molar-refractivity contribution is 7.99. The minimum Gasteiger partial charge on any atom is -0.372 e. The summed E-state index contributed by atoms with van der Waals surface area (Å²) in [5.74, 6) is 1.40. The van der Waals surface area contributed by atoms with Gasteiger partial charge in [0.05, 0.1) is 0 Å². The van der Waals surface area contributed by atoms with Crippen LogP contribution in [0.2, 0.25) is 0 Å². The minimum absolute atomic E-state index is 0.0799. The standard InChI is InChI=1S/C10H17F3N4OS/c1-8-15-16-9(17(8)4-3-14)19-6-2-5-18-7-10(11,12)13/h2-7,14H2,1H3. The number of nitrogens with zero attached hydrogens (tertiary/aromatic N) is 3. The van der Waals surface area contributed by atoms with Crippen molar-refractivity contribution in [2.24, 2.45) is 5.73 Å². The quantitative estimate of drug-likeness (QED) is 0.583. The fourth-order valence-corrected chi connectivity index (χ4v) is 2.29. The molecule has 0 bridgehead atoms. The van der Waals surface area contributed by atoms with Crippen LogP contribution in [0.3, 0.4) is 0 Å². The molecule has 9 heteroatoms. The van der Waals surface area contributed by atoms with E-state index in [1.54, 1.807) is 0 Å². The summed E-state index contributed by atoms with van der Waals surface area (Å²) in [6.45, 7) is 1.84. The molecule has 0 fully saturated rings. The third kappa shape index (κ3) is 6.26. The van der Waals surface area contributed by atoms with Gasteiger partial charge in [-0.05, 0) is 13.3 Å². The van der Waals surface area contributed by atoms with Crippen LogP contribution in [-0.2, 0) is 11.3 Å². The van der Waals surface area contributed by atoms with Crippen molar-refractivity contribution < 1.29 is 17.9 Å². The molecule has 1 heterocycles. The van der Waals surface area contributed by atoms with E-state index < -0.39 is 12.8 Å². The van der Waals surface area contributed by atoms with Crippen LogP contribution in [0.25, 0.3) is 0 Å². The van der Waals surface area contributed by atoms with Crippen molar-refractivity contribution in [3.05, 3.63) is 5.82 Å². The van der Waals surface area contributed by atoms with Crippen molar-refractivity contribution in [3.63, 3.8) is 0 Å². The Hall–Kier alpha value is -0.800. The molecule has 1 rings (SSSR count). The molecule has 0 saturated heterocycles. The number of thioether (sulfide) groups is 1. The predicted octanol–water partition coefficient (Wildman–Crippen LogP) is 1.61. The molecule has 0 unspecified atom stereocenters. The van der Waals surface area contributed by atoms with Gasteiger partial charge in [0.15, 0.2) is 5.16 Å². The average molecular weight is 298 g/mol. The molecule has 0 amide bonds. The first-order valence-electron chi connectivity index (χ1n) is 5.81. The number of halogens is 3. The monoisotopic (exact) mass is 298 g/mol. The van der Waals surface area contributed by atoms with Crippen molar-refractivity contribution in [2.45, 2.75) is 31.2 Å². The van der Waals surface area contributed by atoms with Gasteiger partial charge in [0.2, 0.25) is 0 Å². The van der Waals surface area contributed by atoms with E-state index in [0.717, 1.165) is 11.0 Å². The highest BCUT2D eigenvalue weighted by Gasteiger charge is 2.27. The number of hydrogen-bond donors (Lipinski definition) is 1. The molecule has 1 aromatic rings. The summed E-state index contributed by atoms with van der Waals surface area (Å²) in [6, 6.07) is 0. The van der Waals surface area contributed by atoms with Gasteiger partial charge >= 0.3 is 6.18 Å². The van der Waals surface area contributed by atoms with E-state index in [-0.39, 0.29) is 6.61 Å². The molecular weight excluding hydrogens is 281 g/mol. The summed E-state index contributed by atoms with van der Waals surface area (Å²) < 4.78 is 41.8. The third-order valence-corrected chi connectivity index (χ3v) is 3.24. The Balaban J connectivity index is 2.22. The molecular formula is C10H17F3N4OS. The van der Waals surface area contributed by atoms with Crippen LogP contribution in [0, 0.1) is 6.92 Å². The van der Waals surface area contributed by atoms with E-state index in [0.29, 0.717) is 25.3 Å². The largest absolute Gasteiger partial charge is 0.411 e. The smallest absolute Gasteiger partial charge is 0.372 e. The van der Waals surface area contributed by atoms with Gasteiger partial charge in [-0.1, -0.05) is 11.8 Å². The van der Waals surface area contributed by atoms with Crippen LogP contribution in [0.4, 0.5) is 13.2 Å². The average Bonchev–Trinajstić information content (AvgIpc) is 2.65. The molecule has 0 radical (unpaired) electrons. The molecule has 110 valence electrons. The first-order chi connectivity index (χ1) is 8.94. The van der Waals surface area contributed by atoms with E-state index in [4.69, 9.17) is 5.73 Å². The number of alkyl halides is 3. The molecule has 0 aromatic carbocycles. The van der Waals surface area contributed by atoms with Gasteiger partial charge in [-0.25, -0.2) is 0 Å². The number of aromatic nitrogens is 3. The lowest BCUT2D eigenvalue weighted by molar-refractivity contribution is -0.173. The van der Waals surface area contributed by atoms with E-state index in [9.17, 15) is 13.2 Å². The van der Waals surface area contributed by atoms with Gasteiger partial charge in [-0.15, -0.1) is 10.2 Å². The lowest BCUT2D eigenvalue weighted by Gasteiger charge is -2.08. The van der Waals surface area contributed by atoms with Gasteiger partial charge < -0.3 is 15.0 Å². The first kappa shape index (κ1) is 16.3. The molecule has 0 aliphatic carbocycles. The van der Waals surface area contributed by atoms with Crippen molar-refractivity contribution in [1.29, 1.82) is 0 Å². The van der Waals surface area contributed by atoms with Crippen LogP contribution >= 0.6 is 11.8 Å². The SMILES string of the molecule is Cc1nnc(SCCCOCC(F)(F)F)n1CCN. The molecule has 0 aliphatic rings. The molecule has 0 saturated carbocycles. The zero-order chi connectivity index (χ0) is 14.3. The molecule has 0 atom stereocenters. The molecule has 0 spiro atoms. The Labute approximate surface area is 113 Å². The second-order valence-electron chi connectivity index (χ2n) is 3.84. The lowest BCUT2D eigenvalue weighted by atomic mass is 10.5. The molecule has 5 nitrogen and oxygen atoms in total. The molecule has 19 heavy (non-hydrogen) atoms. The van der Waals surface area contributed by atoms with Crippen LogP contribution in [0.1, 0.15) is 12.2 Å². The summed E-state index contributed by atoms with van der Waals surface area (Å²) in [5.41, 5.74) is 5.48. The van der Waals surface area contributed by atoms with Gasteiger partial charge in [0.25, 0.3) is 0 Å². The normalized spacial score (nSPS) is 12.1. The number of hydrogen-bond acceptors (Lipinski definition) is 5. The predicted molar refractivity (Wildman–Crippen MR) is 66.0 cm³/mol. The van der Waals surface area contributed by atoms with Crippen LogP contribution in [-0.4, -0.2) is 46.5 Å². The Kier molecular flexibility index (Phi) is 6.59. The maximum absolute atomic E-state index is 11.8. The van der Waals surface area contributed by atoms with Crippen molar-refractivity contribution in [1.82, 2.24) is 14.8 Å². The number of aryl methyl sites for hydroxylation is 1. The summed E-state index contributed by atoms with van der Waals surface area (Å²) >= 11 is 1.44. The Bertz CT molecular complexity index is 383. The topological polar surface area (TPSA) is 66.0 Å². The highest BCUT2D eigenvalue weighted by Crippen LogP contribution is 2.18. The highest BCUT2D eigenvalue weighted by atomic mass is 32.2. The maximum Gasteiger partial charge on any atom is 0.411 e. The second-order valence-corrected chi connectivity index (χ2v) is 4.90. The summed E-state index contributed by atoms with van der Waals surface area (Å²) in [7, 11) is 0. The fraction of sp³-hybridized carbons (Fsp3) is 0.800. The van der Waals surface area contributed by atoms with Crippen LogP contribution < -0.4 is 5.73 Å².